The van der Waals surface area contributed by atoms with Gasteiger partial charge in [0.1, 0.15) is 17.7 Å². The number of benzene rings is 2. The third-order valence-electron chi connectivity index (χ3n) is 4.86. The van der Waals surface area contributed by atoms with E-state index in [4.69, 9.17) is 11.2 Å². The van der Waals surface area contributed by atoms with Crippen molar-refractivity contribution in [2.45, 2.75) is 65.8 Å². The monoisotopic (exact) mass is 463 g/mol. The molecular weight excluding hydrogens is 430 g/mol. The Kier molecular flexibility index (Phi) is 8.85. The van der Waals surface area contributed by atoms with Crippen molar-refractivity contribution in [1.82, 2.24) is 15.5 Å². The van der Waals surface area contributed by atoms with E-state index in [1.807, 2.05) is 62.4 Å². The molecule has 34 heavy (non-hydrogen) atoms. The normalized spacial score (nSPS) is 12.6. The number of hydrogen-bond donors (Lipinski definition) is 2. The van der Waals surface area contributed by atoms with Crippen LogP contribution in [0.25, 0.3) is 0 Å². The lowest BCUT2D eigenvalue weighted by Crippen LogP contribution is -2.50. The molecule has 2 aromatic carbocycles. The molecule has 0 saturated carbocycles. The molecule has 7 nitrogen and oxygen atoms in total. The number of rotatable bonds is 7. The zero-order valence-electron chi connectivity index (χ0n) is 20.6. The fourth-order valence-electron chi connectivity index (χ4n) is 3.49. The average Bonchev–Trinajstić information content (AvgIpc) is 2.73. The van der Waals surface area contributed by atoms with Gasteiger partial charge in [-0.2, -0.15) is 0 Å². The highest BCUT2D eigenvalue weighted by Crippen LogP contribution is 2.24. The Labute approximate surface area is 201 Å². The Balaban J connectivity index is 2.33. The summed E-state index contributed by atoms with van der Waals surface area (Å²) >= 11 is 0. The molecule has 0 heterocycles. The first-order valence-corrected chi connectivity index (χ1v) is 11.1. The van der Waals surface area contributed by atoms with Crippen molar-refractivity contribution in [1.29, 1.82) is 0 Å². The topological polar surface area (TPSA) is 87.7 Å². The number of amides is 3. The predicted octanol–water partition coefficient (Wildman–Crippen LogP) is 3.99. The zero-order valence-corrected chi connectivity index (χ0v) is 20.6. The number of carbonyl (C=O) groups is 3. The molecule has 0 aliphatic rings. The first-order chi connectivity index (χ1) is 15.9. The third-order valence-corrected chi connectivity index (χ3v) is 4.86. The van der Waals surface area contributed by atoms with Crippen LogP contribution in [0.5, 0.6) is 0 Å². The number of terminal acetylenes is 1. The van der Waals surface area contributed by atoms with Gasteiger partial charge in [0, 0.05) is 12.6 Å². The summed E-state index contributed by atoms with van der Waals surface area (Å²) in [5.41, 5.74) is 2.63. The molecule has 2 rings (SSSR count). The summed E-state index contributed by atoms with van der Waals surface area (Å²) in [6.45, 7) is 10.8. The van der Waals surface area contributed by atoms with Crippen LogP contribution in [-0.2, 0) is 20.9 Å². The summed E-state index contributed by atoms with van der Waals surface area (Å²) in [5.74, 6) is -1.03. The van der Waals surface area contributed by atoms with Crippen molar-refractivity contribution >= 4 is 17.9 Å². The molecule has 2 unspecified atom stereocenters. The maximum Gasteiger partial charge on any atom is 0.408 e. The zero-order chi connectivity index (χ0) is 25.5. The van der Waals surface area contributed by atoms with Crippen molar-refractivity contribution in [2.24, 2.45) is 0 Å². The lowest BCUT2D eigenvalue weighted by atomic mass is 9.99. The molecule has 2 aromatic rings. The highest BCUT2D eigenvalue weighted by molar-refractivity contribution is 5.93. The second kappa shape index (κ2) is 11.4. The lowest BCUT2D eigenvalue weighted by molar-refractivity contribution is -0.138. The fourth-order valence-corrected chi connectivity index (χ4v) is 3.49. The molecule has 0 bridgehead atoms. The van der Waals surface area contributed by atoms with Crippen LogP contribution in [0, 0.1) is 26.3 Å². The van der Waals surface area contributed by atoms with E-state index in [0.717, 1.165) is 21.6 Å². The fraction of sp³-hybridized carbons (Fsp3) is 0.370. The first kappa shape index (κ1) is 26.5. The summed E-state index contributed by atoms with van der Waals surface area (Å²) in [7, 11) is 0. The van der Waals surface area contributed by atoms with Gasteiger partial charge in [0.15, 0.2) is 0 Å². The molecule has 180 valence electrons. The van der Waals surface area contributed by atoms with Crippen molar-refractivity contribution in [3.8, 4) is 12.5 Å². The van der Waals surface area contributed by atoms with Gasteiger partial charge in [-0.25, -0.2) is 4.79 Å². The van der Waals surface area contributed by atoms with E-state index in [2.05, 4.69) is 16.7 Å². The SMILES string of the molecule is C#CN(C(=O)C(C)NC(=O)OC(C)(C)C)C(C(=O)NCc1ccccc1)c1cc(C)cc(C)c1. The standard InChI is InChI=1S/C27H33N3O4/c1-8-30(25(32)20(4)29-26(33)34-27(5,6)7)23(22-15-18(2)14-19(3)16-22)24(31)28-17-21-12-10-9-11-13-21/h1,9-16,20,23H,17H2,2-7H3,(H,28,31)(H,29,33). The minimum Gasteiger partial charge on any atom is -0.444 e. The Morgan fingerprint density at radius 3 is 2.18 bits per heavy atom. The average molecular weight is 464 g/mol. The van der Waals surface area contributed by atoms with Gasteiger partial charge in [-0.1, -0.05) is 66.1 Å². The lowest BCUT2D eigenvalue weighted by Gasteiger charge is -2.29. The number of nitrogens with one attached hydrogen (secondary N) is 2. The van der Waals surface area contributed by atoms with Gasteiger partial charge >= 0.3 is 6.09 Å². The summed E-state index contributed by atoms with van der Waals surface area (Å²) < 4.78 is 5.23. The third kappa shape index (κ3) is 7.66. The van der Waals surface area contributed by atoms with Gasteiger partial charge < -0.3 is 15.4 Å². The van der Waals surface area contributed by atoms with E-state index in [-0.39, 0.29) is 6.54 Å². The van der Waals surface area contributed by atoms with Gasteiger partial charge in [0.05, 0.1) is 0 Å². The van der Waals surface area contributed by atoms with Crippen molar-refractivity contribution < 1.29 is 19.1 Å². The van der Waals surface area contributed by atoms with Gasteiger partial charge in [0.25, 0.3) is 5.91 Å². The van der Waals surface area contributed by atoms with E-state index in [0.29, 0.717) is 5.56 Å². The second-order valence-corrected chi connectivity index (χ2v) is 9.23. The Hall–Kier alpha value is -3.79. The van der Waals surface area contributed by atoms with Crippen molar-refractivity contribution in [2.75, 3.05) is 0 Å². The van der Waals surface area contributed by atoms with Crippen LogP contribution < -0.4 is 10.6 Å². The Bertz CT molecular complexity index is 1050. The van der Waals surface area contributed by atoms with Crippen LogP contribution >= 0.6 is 0 Å². The smallest absolute Gasteiger partial charge is 0.408 e. The molecule has 7 heteroatoms. The maximum atomic E-state index is 13.4. The molecule has 0 spiro atoms. The summed E-state index contributed by atoms with van der Waals surface area (Å²) in [6, 6.07) is 15.3. The molecule has 0 radical (unpaired) electrons. The summed E-state index contributed by atoms with van der Waals surface area (Å²) in [4.78, 5) is 39.8. The van der Waals surface area contributed by atoms with E-state index >= 15 is 0 Å². The van der Waals surface area contributed by atoms with Crippen LogP contribution in [0.2, 0.25) is 0 Å². The minimum absolute atomic E-state index is 0.277. The largest absolute Gasteiger partial charge is 0.444 e. The van der Waals surface area contributed by atoms with Gasteiger partial charge in [-0.15, -0.1) is 0 Å². The molecule has 0 aliphatic heterocycles. The Morgan fingerprint density at radius 2 is 1.65 bits per heavy atom. The van der Waals surface area contributed by atoms with Gasteiger partial charge in [-0.3, -0.25) is 14.5 Å². The molecular formula is C27H33N3O4. The molecule has 0 saturated heterocycles. The van der Waals surface area contributed by atoms with Crippen LogP contribution in [0.15, 0.2) is 48.5 Å². The van der Waals surface area contributed by atoms with Crippen LogP contribution in [0.4, 0.5) is 4.79 Å². The van der Waals surface area contributed by atoms with E-state index < -0.39 is 35.6 Å². The molecule has 0 aliphatic carbocycles. The number of ether oxygens (including phenoxy) is 1. The maximum absolute atomic E-state index is 13.4. The van der Waals surface area contributed by atoms with Crippen molar-refractivity contribution in [3.63, 3.8) is 0 Å². The summed E-state index contributed by atoms with van der Waals surface area (Å²) in [6.07, 6.45) is 4.99. The molecule has 3 amide bonds. The second-order valence-electron chi connectivity index (χ2n) is 9.23. The van der Waals surface area contributed by atoms with Crippen LogP contribution in [-0.4, -0.2) is 34.5 Å². The molecule has 2 atom stereocenters. The van der Waals surface area contributed by atoms with Gasteiger partial charge in [-0.05, 0) is 52.7 Å². The summed E-state index contributed by atoms with van der Waals surface area (Å²) in [5, 5.41) is 5.37. The van der Waals surface area contributed by atoms with Crippen LogP contribution in [0.3, 0.4) is 0 Å². The first-order valence-electron chi connectivity index (χ1n) is 11.1. The van der Waals surface area contributed by atoms with E-state index in [1.54, 1.807) is 20.8 Å². The highest BCUT2D eigenvalue weighted by atomic mass is 16.6. The Morgan fingerprint density at radius 1 is 1.06 bits per heavy atom. The predicted molar refractivity (Wildman–Crippen MR) is 131 cm³/mol. The molecule has 0 aromatic heterocycles. The van der Waals surface area contributed by atoms with Crippen molar-refractivity contribution in [3.05, 3.63) is 70.8 Å². The van der Waals surface area contributed by atoms with E-state index in [9.17, 15) is 14.4 Å². The molecule has 2 N–H and O–H groups in total. The number of nitrogens with zero attached hydrogens (tertiary/aromatic N) is 1. The number of alkyl carbamates (subject to hydrolysis) is 1. The highest BCUT2D eigenvalue weighted by Gasteiger charge is 2.34. The number of aryl methyl sites for hydroxylation is 2. The number of hydrogen-bond acceptors (Lipinski definition) is 4. The number of carbonyl (C=O) groups excluding carboxylic acids is 3. The quantitative estimate of drug-likeness (QED) is 0.480. The molecule has 0 fully saturated rings. The minimum atomic E-state index is -1.08. The van der Waals surface area contributed by atoms with Crippen LogP contribution in [0.1, 0.15) is 56.0 Å². The van der Waals surface area contributed by atoms with E-state index in [1.165, 1.54) is 6.92 Å². The van der Waals surface area contributed by atoms with Gasteiger partial charge in [0.2, 0.25) is 5.91 Å².